The van der Waals surface area contributed by atoms with Crippen LogP contribution in [0.2, 0.25) is 15.1 Å². The summed E-state index contributed by atoms with van der Waals surface area (Å²) < 4.78 is 0. The molecule has 1 saturated heterocycles. The molecule has 2 rings (SSSR count). The van der Waals surface area contributed by atoms with Gasteiger partial charge in [0.25, 0.3) is 0 Å². The number of hydrogen-bond acceptors (Lipinski definition) is 2. The molecule has 0 radical (unpaired) electrons. The van der Waals surface area contributed by atoms with Crippen molar-refractivity contribution in [2.45, 2.75) is 6.04 Å². The number of anilines is 1. The molecule has 3 nitrogen and oxygen atoms in total. The van der Waals surface area contributed by atoms with Gasteiger partial charge in [-0.3, -0.25) is 4.79 Å². The molecule has 2 N–H and O–H groups in total. The lowest BCUT2D eigenvalue weighted by atomic mass is 10.1. The molecule has 1 aliphatic heterocycles. The molecule has 6 heteroatoms. The Morgan fingerprint density at radius 2 is 1.80 bits per heavy atom. The number of nitrogens with two attached hydrogens (primary N) is 1. The molecule has 1 unspecified atom stereocenters. The fourth-order valence-corrected chi connectivity index (χ4v) is 2.47. The first kappa shape index (κ1) is 11.0. The summed E-state index contributed by atoms with van der Waals surface area (Å²) in [6.07, 6.45) is 0. The van der Waals surface area contributed by atoms with Crippen molar-refractivity contribution in [1.29, 1.82) is 0 Å². The average Bonchev–Trinajstić information content (AvgIpc) is 2.15. The highest BCUT2D eigenvalue weighted by Gasteiger charge is 2.36. The van der Waals surface area contributed by atoms with E-state index < -0.39 is 6.04 Å². The molecule has 1 aromatic carbocycles. The molecule has 0 bridgehead atoms. The van der Waals surface area contributed by atoms with Crippen LogP contribution in [0.5, 0.6) is 0 Å². The maximum Gasteiger partial charge on any atom is 0.245 e. The lowest BCUT2D eigenvalue weighted by Crippen LogP contribution is -2.61. The van der Waals surface area contributed by atoms with E-state index in [2.05, 4.69) is 0 Å². The van der Waals surface area contributed by atoms with Gasteiger partial charge in [-0.1, -0.05) is 34.8 Å². The summed E-state index contributed by atoms with van der Waals surface area (Å²) in [6, 6.07) is 2.64. The van der Waals surface area contributed by atoms with Gasteiger partial charge in [0.15, 0.2) is 0 Å². The maximum absolute atomic E-state index is 11.4. The fourth-order valence-electron chi connectivity index (χ4n) is 1.45. The summed E-state index contributed by atoms with van der Waals surface area (Å²) in [5.41, 5.74) is 5.96. The van der Waals surface area contributed by atoms with E-state index >= 15 is 0 Å². The van der Waals surface area contributed by atoms with E-state index in [0.717, 1.165) is 0 Å². The topological polar surface area (TPSA) is 46.3 Å². The molecular formula is C9H7Cl3N2O. The number of hydrogen-bond donors (Lipinski definition) is 1. The van der Waals surface area contributed by atoms with Crippen LogP contribution in [0.1, 0.15) is 0 Å². The summed E-state index contributed by atoms with van der Waals surface area (Å²) in [5.74, 6) is -0.180. The van der Waals surface area contributed by atoms with Crippen molar-refractivity contribution in [1.82, 2.24) is 0 Å². The Morgan fingerprint density at radius 1 is 1.27 bits per heavy atom. The zero-order valence-corrected chi connectivity index (χ0v) is 9.77. The average molecular weight is 266 g/mol. The standard InChI is InChI=1S/C9H7Cl3N2O/c10-4-1-5(11)8(6(12)2-4)14-3-7(13)9(14)15/h1-2,7H,3,13H2. The van der Waals surface area contributed by atoms with Gasteiger partial charge < -0.3 is 10.6 Å². The van der Waals surface area contributed by atoms with E-state index in [0.29, 0.717) is 27.3 Å². The van der Waals surface area contributed by atoms with E-state index in [4.69, 9.17) is 40.5 Å². The molecule has 0 aliphatic carbocycles. The van der Waals surface area contributed by atoms with Gasteiger partial charge in [0.2, 0.25) is 5.91 Å². The summed E-state index contributed by atoms with van der Waals surface area (Å²) >= 11 is 17.7. The number of β-lactam (4-membered cyclic amide) rings is 1. The highest BCUT2D eigenvalue weighted by molar-refractivity contribution is 6.42. The maximum atomic E-state index is 11.4. The highest BCUT2D eigenvalue weighted by atomic mass is 35.5. The number of carbonyl (C=O) groups is 1. The summed E-state index contributed by atoms with van der Waals surface area (Å²) in [4.78, 5) is 12.9. The van der Waals surface area contributed by atoms with E-state index in [1.165, 1.54) is 4.90 Å². The monoisotopic (exact) mass is 264 g/mol. The smallest absolute Gasteiger partial charge is 0.245 e. The molecule has 1 atom stereocenters. The van der Waals surface area contributed by atoms with Crippen LogP contribution in [0.4, 0.5) is 5.69 Å². The van der Waals surface area contributed by atoms with Gasteiger partial charge in [0.05, 0.1) is 22.3 Å². The van der Waals surface area contributed by atoms with Crippen molar-refractivity contribution in [3.63, 3.8) is 0 Å². The molecule has 1 heterocycles. The third-order valence-corrected chi connectivity index (χ3v) is 3.01. The Morgan fingerprint density at radius 3 is 2.20 bits per heavy atom. The van der Waals surface area contributed by atoms with Crippen molar-refractivity contribution in [3.8, 4) is 0 Å². The van der Waals surface area contributed by atoms with Gasteiger partial charge in [-0.2, -0.15) is 0 Å². The molecule has 0 spiro atoms. The Bertz CT molecular complexity index is 412. The Hall–Kier alpha value is -0.480. The summed E-state index contributed by atoms with van der Waals surface area (Å²) in [6.45, 7) is 0.430. The van der Waals surface area contributed by atoms with E-state index in [9.17, 15) is 4.79 Å². The zero-order chi connectivity index (χ0) is 11.2. The van der Waals surface area contributed by atoms with Crippen molar-refractivity contribution in [3.05, 3.63) is 27.2 Å². The van der Waals surface area contributed by atoms with Crippen LogP contribution >= 0.6 is 34.8 Å². The normalized spacial score (nSPS) is 20.4. The quantitative estimate of drug-likeness (QED) is 0.792. The first-order chi connectivity index (χ1) is 7.00. The minimum atomic E-state index is -0.451. The molecular weight excluding hydrogens is 258 g/mol. The van der Waals surface area contributed by atoms with Gasteiger partial charge in [0.1, 0.15) is 6.04 Å². The van der Waals surface area contributed by atoms with E-state index in [1.54, 1.807) is 12.1 Å². The zero-order valence-electron chi connectivity index (χ0n) is 7.51. The number of nitrogens with zero attached hydrogens (tertiary/aromatic N) is 1. The van der Waals surface area contributed by atoms with Crippen LogP contribution in [0, 0.1) is 0 Å². The van der Waals surface area contributed by atoms with Crippen LogP contribution in [0.25, 0.3) is 0 Å². The van der Waals surface area contributed by atoms with Crippen LogP contribution in [0.3, 0.4) is 0 Å². The third-order valence-electron chi connectivity index (χ3n) is 2.21. The fraction of sp³-hybridized carbons (Fsp3) is 0.222. The molecule has 80 valence electrons. The second-order valence-corrected chi connectivity index (χ2v) is 4.52. The van der Waals surface area contributed by atoms with Crippen LogP contribution < -0.4 is 10.6 Å². The number of amides is 1. The number of carbonyl (C=O) groups excluding carboxylic acids is 1. The van der Waals surface area contributed by atoms with Gasteiger partial charge in [-0.25, -0.2) is 0 Å². The first-order valence-corrected chi connectivity index (χ1v) is 5.35. The van der Waals surface area contributed by atoms with Gasteiger partial charge in [-0.05, 0) is 12.1 Å². The Kier molecular flexibility index (Phi) is 2.81. The lowest BCUT2D eigenvalue weighted by Gasteiger charge is -2.37. The number of halogens is 3. The molecule has 15 heavy (non-hydrogen) atoms. The van der Waals surface area contributed by atoms with E-state index in [1.807, 2.05) is 0 Å². The summed E-state index contributed by atoms with van der Waals surface area (Å²) in [5, 5.41) is 1.14. The van der Waals surface area contributed by atoms with Crippen molar-refractivity contribution in [2.75, 3.05) is 11.4 Å². The number of rotatable bonds is 1. The third kappa shape index (κ3) is 1.81. The van der Waals surface area contributed by atoms with Gasteiger partial charge >= 0.3 is 0 Å². The second-order valence-electron chi connectivity index (χ2n) is 3.27. The number of benzene rings is 1. The largest absolute Gasteiger partial charge is 0.318 e. The second kappa shape index (κ2) is 3.83. The van der Waals surface area contributed by atoms with Crippen molar-refractivity contribution in [2.24, 2.45) is 5.73 Å². The Labute approximate surface area is 102 Å². The van der Waals surface area contributed by atoms with Crippen LogP contribution in [0.15, 0.2) is 12.1 Å². The molecule has 1 fully saturated rings. The molecule has 0 aromatic heterocycles. The van der Waals surface area contributed by atoms with Gasteiger partial charge in [0, 0.05) is 5.02 Å². The minimum Gasteiger partial charge on any atom is -0.318 e. The highest BCUT2D eigenvalue weighted by Crippen LogP contribution is 2.38. The van der Waals surface area contributed by atoms with Crippen molar-refractivity contribution >= 4 is 46.4 Å². The SMILES string of the molecule is NC1CN(c2c(Cl)cc(Cl)cc2Cl)C1=O. The Balaban J connectivity index is 2.41. The molecule has 1 aliphatic rings. The molecule has 1 amide bonds. The summed E-state index contributed by atoms with van der Waals surface area (Å²) in [7, 11) is 0. The molecule has 1 aromatic rings. The predicted molar refractivity (Wildman–Crippen MR) is 61.8 cm³/mol. The van der Waals surface area contributed by atoms with Crippen LogP contribution in [-0.2, 0) is 4.79 Å². The van der Waals surface area contributed by atoms with Gasteiger partial charge in [-0.15, -0.1) is 0 Å². The molecule has 0 saturated carbocycles. The van der Waals surface area contributed by atoms with E-state index in [-0.39, 0.29) is 5.91 Å². The first-order valence-electron chi connectivity index (χ1n) is 4.22. The van der Waals surface area contributed by atoms with Crippen molar-refractivity contribution < 1.29 is 4.79 Å². The lowest BCUT2D eigenvalue weighted by molar-refractivity contribution is -0.123. The minimum absolute atomic E-state index is 0.180. The predicted octanol–water partition coefficient (Wildman–Crippen LogP) is 2.32. The van der Waals surface area contributed by atoms with Crippen LogP contribution in [-0.4, -0.2) is 18.5 Å².